The summed E-state index contributed by atoms with van der Waals surface area (Å²) in [5, 5.41) is 4.11. The van der Waals surface area contributed by atoms with Crippen molar-refractivity contribution in [3.63, 3.8) is 0 Å². The monoisotopic (exact) mass is 240 g/mol. The third-order valence-corrected chi connectivity index (χ3v) is 2.83. The van der Waals surface area contributed by atoms with E-state index in [1.165, 1.54) is 6.07 Å². The number of rotatable bonds is 1. The lowest BCUT2D eigenvalue weighted by molar-refractivity contribution is 0.630. The van der Waals surface area contributed by atoms with E-state index in [0.717, 1.165) is 5.46 Å². The molecule has 0 saturated carbocycles. The van der Waals surface area contributed by atoms with Crippen molar-refractivity contribution in [2.45, 2.75) is 0 Å². The number of aromatic nitrogens is 3. The third kappa shape index (κ3) is 1.54. The molecular formula is C12H10BFN4. The molecule has 0 amide bonds. The Bertz CT molecular complexity index is 738. The second-order valence-electron chi connectivity index (χ2n) is 4.11. The van der Waals surface area contributed by atoms with Crippen LogP contribution in [0.4, 0.5) is 10.2 Å². The van der Waals surface area contributed by atoms with Crippen molar-refractivity contribution in [3.05, 3.63) is 42.3 Å². The number of anilines is 1. The van der Waals surface area contributed by atoms with Crippen LogP contribution in [0.3, 0.4) is 0 Å². The molecule has 0 saturated heterocycles. The van der Waals surface area contributed by atoms with Crippen molar-refractivity contribution in [1.82, 2.24) is 14.6 Å². The highest BCUT2D eigenvalue weighted by molar-refractivity contribution is 6.36. The number of hydrogen-bond acceptors (Lipinski definition) is 3. The average Bonchev–Trinajstić information content (AvgIpc) is 2.72. The molecule has 0 aliphatic heterocycles. The highest BCUT2D eigenvalue weighted by Crippen LogP contribution is 2.22. The zero-order valence-electron chi connectivity index (χ0n) is 9.76. The molecule has 4 nitrogen and oxygen atoms in total. The summed E-state index contributed by atoms with van der Waals surface area (Å²) in [4.78, 5) is 4.41. The van der Waals surface area contributed by atoms with Gasteiger partial charge >= 0.3 is 0 Å². The molecule has 18 heavy (non-hydrogen) atoms. The smallest absolute Gasteiger partial charge is 0.151 e. The summed E-state index contributed by atoms with van der Waals surface area (Å²) in [6.45, 7) is 0. The fraction of sp³-hybridized carbons (Fsp3) is 0. The molecule has 1 aromatic carbocycles. The average molecular weight is 240 g/mol. The Morgan fingerprint density at radius 1 is 1.28 bits per heavy atom. The molecule has 0 spiro atoms. The summed E-state index contributed by atoms with van der Waals surface area (Å²) < 4.78 is 15.3. The Hall–Kier alpha value is -2.37. The van der Waals surface area contributed by atoms with Crippen LogP contribution in [0.15, 0.2) is 36.5 Å². The minimum Gasteiger partial charge on any atom is -0.384 e. The van der Waals surface area contributed by atoms with E-state index < -0.39 is 0 Å². The molecule has 0 atom stereocenters. The van der Waals surface area contributed by atoms with Crippen molar-refractivity contribution in [2.75, 3.05) is 5.73 Å². The lowest BCUT2D eigenvalue weighted by Crippen LogP contribution is -2.07. The molecule has 3 aromatic rings. The molecule has 0 bridgehead atoms. The van der Waals surface area contributed by atoms with Crippen LogP contribution in [0.25, 0.3) is 16.9 Å². The minimum absolute atomic E-state index is 0.314. The Balaban J connectivity index is 2.31. The summed E-state index contributed by atoms with van der Waals surface area (Å²) in [5.41, 5.74) is 8.40. The van der Waals surface area contributed by atoms with Gasteiger partial charge in [-0.3, -0.25) is 0 Å². The highest BCUT2D eigenvalue weighted by atomic mass is 19.1. The van der Waals surface area contributed by atoms with Crippen LogP contribution in [-0.2, 0) is 0 Å². The molecular weight excluding hydrogens is 230 g/mol. The van der Waals surface area contributed by atoms with E-state index in [4.69, 9.17) is 5.73 Å². The van der Waals surface area contributed by atoms with Crippen LogP contribution in [0.1, 0.15) is 0 Å². The van der Waals surface area contributed by atoms with Gasteiger partial charge in [-0.25, -0.2) is 13.9 Å². The van der Waals surface area contributed by atoms with Gasteiger partial charge in [-0.2, -0.15) is 5.10 Å². The summed E-state index contributed by atoms with van der Waals surface area (Å²) >= 11 is 0. The molecule has 0 unspecified atom stereocenters. The summed E-state index contributed by atoms with van der Waals surface area (Å²) in [6, 6.07) is 8.12. The molecule has 2 aromatic heterocycles. The first-order chi connectivity index (χ1) is 8.66. The van der Waals surface area contributed by atoms with Gasteiger partial charge < -0.3 is 5.73 Å². The molecule has 0 aliphatic rings. The number of nitrogens with zero attached hydrogens (tertiary/aromatic N) is 3. The van der Waals surface area contributed by atoms with E-state index in [9.17, 15) is 4.39 Å². The maximum atomic E-state index is 13.7. The molecule has 0 aliphatic carbocycles. The number of hydrogen-bond donors (Lipinski definition) is 1. The molecule has 0 radical (unpaired) electrons. The van der Waals surface area contributed by atoms with Gasteiger partial charge in [-0.1, -0.05) is 12.1 Å². The summed E-state index contributed by atoms with van der Waals surface area (Å²) in [6.07, 6.45) is 1.68. The van der Waals surface area contributed by atoms with Crippen molar-refractivity contribution in [3.8, 4) is 11.3 Å². The Kier molecular flexibility index (Phi) is 2.29. The van der Waals surface area contributed by atoms with Gasteiger partial charge in [0, 0.05) is 17.8 Å². The summed E-state index contributed by atoms with van der Waals surface area (Å²) in [7, 11) is 1.89. The van der Waals surface area contributed by atoms with Crippen molar-refractivity contribution >= 4 is 24.8 Å². The Labute approximate surface area is 104 Å². The van der Waals surface area contributed by atoms with Crippen LogP contribution in [0.2, 0.25) is 0 Å². The van der Waals surface area contributed by atoms with Gasteiger partial charge in [0.05, 0.1) is 5.69 Å². The molecule has 2 N–H and O–H groups in total. The van der Waals surface area contributed by atoms with E-state index in [0.29, 0.717) is 22.7 Å². The lowest BCUT2D eigenvalue weighted by Gasteiger charge is -2.06. The fourth-order valence-electron chi connectivity index (χ4n) is 1.90. The van der Waals surface area contributed by atoms with Crippen LogP contribution in [0, 0.1) is 5.82 Å². The van der Waals surface area contributed by atoms with Crippen LogP contribution >= 0.6 is 0 Å². The van der Waals surface area contributed by atoms with Gasteiger partial charge in [0.2, 0.25) is 0 Å². The van der Waals surface area contributed by atoms with Gasteiger partial charge in [-0.15, -0.1) is 0 Å². The van der Waals surface area contributed by atoms with Crippen molar-refractivity contribution in [1.29, 1.82) is 0 Å². The van der Waals surface area contributed by atoms with E-state index in [2.05, 4.69) is 10.1 Å². The maximum absolute atomic E-state index is 13.7. The number of benzene rings is 1. The number of fused-ring (bicyclic) bond motifs is 1. The third-order valence-electron chi connectivity index (χ3n) is 2.83. The second-order valence-corrected chi connectivity index (χ2v) is 4.11. The molecule has 88 valence electrons. The standard InChI is InChI=1S/C12H10BFN4/c13-8-6-16-18-11(15)5-10(17-12(8)18)7-3-1-2-4-9(7)14/h1-6H,13,15H2. The van der Waals surface area contributed by atoms with E-state index >= 15 is 0 Å². The van der Waals surface area contributed by atoms with E-state index in [1.807, 2.05) is 7.85 Å². The fourth-order valence-corrected chi connectivity index (χ4v) is 1.90. The molecule has 2 heterocycles. The summed E-state index contributed by atoms with van der Waals surface area (Å²) in [5.74, 6) is 0.122. The van der Waals surface area contributed by atoms with Crippen LogP contribution in [0.5, 0.6) is 0 Å². The highest BCUT2D eigenvalue weighted by Gasteiger charge is 2.10. The number of nitrogens with two attached hydrogens (primary N) is 1. The van der Waals surface area contributed by atoms with Gasteiger partial charge in [0.1, 0.15) is 19.5 Å². The zero-order chi connectivity index (χ0) is 12.7. The lowest BCUT2D eigenvalue weighted by atomic mass is 10.0. The SMILES string of the molecule is Bc1cnn2c(N)cc(-c3ccccc3F)nc12. The number of nitrogen functional groups attached to an aromatic ring is 1. The van der Waals surface area contributed by atoms with Crippen LogP contribution < -0.4 is 11.2 Å². The first-order valence-electron chi connectivity index (χ1n) is 5.52. The Morgan fingerprint density at radius 3 is 2.83 bits per heavy atom. The quantitative estimate of drug-likeness (QED) is 0.625. The van der Waals surface area contributed by atoms with Crippen molar-refractivity contribution in [2.24, 2.45) is 0 Å². The Morgan fingerprint density at radius 2 is 2.06 bits per heavy atom. The zero-order valence-corrected chi connectivity index (χ0v) is 9.76. The predicted octanol–water partition coefficient (Wildman–Crippen LogP) is 0.376. The first kappa shape index (κ1) is 10.8. The van der Waals surface area contributed by atoms with Gasteiger partial charge in [0.25, 0.3) is 0 Å². The largest absolute Gasteiger partial charge is 0.384 e. The van der Waals surface area contributed by atoms with E-state index in [1.54, 1.807) is 35.0 Å². The minimum atomic E-state index is -0.314. The van der Waals surface area contributed by atoms with Crippen molar-refractivity contribution < 1.29 is 4.39 Å². The number of halogens is 1. The van der Waals surface area contributed by atoms with E-state index in [-0.39, 0.29) is 5.82 Å². The second kappa shape index (κ2) is 3.84. The molecule has 6 heteroatoms. The normalized spacial score (nSPS) is 10.9. The van der Waals surface area contributed by atoms with Gasteiger partial charge in [0.15, 0.2) is 5.65 Å². The van der Waals surface area contributed by atoms with Gasteiger partial charge in [-0.05, 0) is 17.6 Å². The maximum Gasteiger partial charge on any atom is 0.151 e. The van der Waals surface area contributed by atoms with Crippen LogP contribution in [-0.4, -0.2) is 22.4 Å². The topological polar surface area (TPSA) is 56.2 Å². The molecule has 3 rings (SSSR count). The first-order valence-corrected chi connectivity index (χ1v) is 5.52. The molecule has 0 fully saturated rings. The predicted molar refractivity (Wildman–Crippen MR) is 71.0 cm³/mol.